The predicted octanol–water partition coefficient (Wildman–Crippen LogP) is 2.57. The number of aromatic nitrogens is 1. The molecular formula is C21H27N5O. The molecule has 0 spiro atoms. The Kier molecular flexibility index (Phi) is 6.79. The number of nitrogens with zero attached hydrogens (tertiary/aromatic N) is 3. The summed E-state index contributed by atoms with van der Waals surface area (Å²) in [6, 6.07) is 13.7. The SMILES string of the molecule is CN=C(NCc1ccc(C(=O)N2CCCCC2)cc1)NCc1ccccn1. The van der Waals surface area contributed by atoms with Crippen molar-refractivity contribution in [3.63, 3.8) is 0 Å². The Hall–Kier alpha value is -2.89. The summed E-state index contributed by atoms with van der Waals surface area (Å²) in [7, 11) is 1.74. The van der Waals surface area contributed by atoms with Gasteiger partial charge in [-0.2, -0.15) is 0 Å². The van der Waals surface area contributed by atoms with Crippen LogP contribution in [-0.2, 0) is 13.1 Å². The first-order chi connectivity index (χ1) is 13.3. The number of pyridine rings is 1. The molecule has 1 aliphatic rings. The molecule has 6 heteroatoms. The van der Waals surface area contributed by atoms with E-state index in [1.54, 1.807) is 13.2 Å². The van der Waals surface area contributed by atoms with E-state index in [1.807, 2.05) is 47.4 Å². The Morgan fingerprint density at radius 3 is 2.44 bits per heavy atom. The predicted molar refractivity (Wildman–Crippen MR) is 107 cm³/mol. The molecule has 0 bridgehead atoms. The molecule has 0 aliphatic carbocycles. The lowest BCUT2D eigenvalue weighted by atomic mass is 10.1. The van der Waals surface area contributed by atoms with Gasteiger partial charge >= 0.3 is 0 Å². The largest absolute Gasteiger partial charge is 0.352 e. The Labute approximate surface area is 160 Å². The molecule has 0 radical (unpaired) electrons. The maximum atomic E-state index is 12.5. The lowest BCUT2D eigenvalue weighted by Gasteiger charge is -2.26. The molecule has 6 nitrogen and oxygen atoms in total. The number of carbonyl (C=O) groups excluding carboxylic acids is 1. The molecule has 0 atom stereocenters. The van der Waals surface area contributed by atoms with Crippen LogP contribution in [-0.4, -0.2) is 41.9 Å². The molecule has 142 valence electrons. The number of piperidine rings is 1. The Balaban J connectivity index is 1.49. The minimum atomic E-state index is 0.141. The van der Waals surface area contributed by atoms with Gasteiger partial charge in [0, 0.05) is 38.4 Å². The van der Waals surface area contributed by atoms with Crippen molar-refractivity contribution in [1.29, 1.82) is 0 Å². The topological polar surface area (TPSA) is 69.6 Å². The molecule has 2 heterocycles. The van der Waals surface area contributed by atoms with Crippen LogP contribution in [0.15, 0.2) is 53.7 Å². The van der Waals surface area contributed by atoms with Crippen LogP contribution in [0.4, 0.5) is 0 Å². The van der Waals surface area contributed by atoms with Gasteiger partial charge in [-0.25, -0.2) is 0 Å². The number of amides is 1. The van der Waals surface area contributed by atoms with Gasteiger partial charge in [0.2, 0.25) is 0 Å². The third-order valence-electron chi connectivity index (χ3n) is 4.69. The van der Waals surface area contributed by atoms with Gasteiger partial charge in [-0.15, -0.1) is 0 Å². The van der Waals surface area contributed by atoms with Gasteiger partial charge in [0.25, 0.3) is 5.91 Å². The number of hydrogen-bond acceptors (Lipinski definition) is 3. The molecule has 1 saturated heterocycles. The monoisotopic (exact) mass is 365 g/mol. The number of nitrogens with one attached hydrogen (secondary N) is 2. The van der Waals surface area contributed by atoms with Crippen LogP contribution in [0.1, 0.15) is 40.9 Å². The molecule has 3 rings (SSSR count). The Bertz CT molecular complexity index is 752. The molecule has 2 aromatic rings. The highest BCUT2D eigenvalue weighted by Gasteiger charge is 2.17. The van der Waals surface area contributed by atoms with Crippen molar-refractivity contribution in [3.8, 4) is 0 Å². The first-order valence-electron chi connectivity index (χ1n) is 9.49. The third-order valence-corrected chi connectivity index (χ3v) is 4.69. The second kappa shape index (κ2) is 9.71. The lowest BCUT2D eigenvalue weighted by Crippen LogP contribution is -2.36. The van der Waals surface area contributed by atoms with Crippen LogP contribution in [0.3, 0.4) is 0 Å². The molecular weight excluding hydrogens is 338 g/mol. The quantitative estimate of drug-likeness (QED) is 0.631. The number of benzene rings is 1. The summed E-state index contributed by atoms with van der Waals surface area (Å²) in [5.41, 5.74) is 2.82. The average molecular weight is 365 g/mol. The summed E-state index contributed by atoms with van der Waals surface area (Å²) in [6.45, 7) is 3.00. The zero-order valence-corrected chi connectivity index (χ0v) is 15.8. The van der Waals surface area contributed by atoms with Crippen LogP contribution in [0.25, 0.3) is 0 Å². The highest BCUT2D eigenvalue weighted by atomic mass is 16.2. The van der Waals surface area contributed by atoms with E-state index >= 15 is 0 Å². The van der Waals surface area contributed by atoms with Crippen molar-refractivity contribution in [2.24, 2.45) is 4.99 Å². The van der Waals surface area contributed by atoms with E-state index in [1.165, 1.54) is 6.42 Å². The fourth-order valence-electron chi connectivity index (χ4n) is 3.13. The van der Waals surface area contributed by atoms with Gasteiger partial charge in [-0.05, 0) is 49.1 Å². The molecule has 0 saturated carbocycles. The first-order valence-corrected chi connectivity index (χ1v) is 9.49. The van der Waals surface area contributed by atoms with E-state index < -0.39 is 0 Å². The summed E-state index contributed by atoms with van der Waals surface area (Å²) < 4.78 is 0. The zero-order valence-electron chi connectivity index (χ0n) is 15.8. The molecule has 2 N–H and O–H groups in total. The van der Waals surface area contributed by atoms with Crippen LogP contribution >= 0.6 is 0 Å². The molecule has 1 amide bonds. The third kappa shape index (κ3) is 5.54. The van der Waals surface area contributed by atoms with Crippen LogP contribution in [0, 0.1) is 0 Å². The van der Waals surface area contributed by atoms with Gasteiger partial charge in [0.1, 0.15) is 0 Å². The van der Waals surface area contributed by atoms with Gasteiger partial charge in [0.05, 0.1) is 12.2 Å². The number of likely N-dealkylation sites (tertiary alicyclic amines) is 1. The van der Waals surface area contributed by atoms with Crippen molar-refractivity contribution in [3.05, 3.63) is 65.5 Å². The van der Waals surface area contributed by atoms with Gasteiger partial charge in [-0.3, -0.25) is 14.8 Å². The van der Waals surface area contributed by atoms with Gasteiger partial charge < -0.3 is 15.5 Å². The maximum absolute atomic E-state index is 12.5. The second-order valence-electron chi connectivity index (χ2n) is 6.65. The van der Waals surface area contributed by atoms with E-state index in [9.17, 15) is 4.79 Å². The maximum Gasteiger partial charge on any atom is 0.253 e. The van der Waals surface area contributed by atoms with Crippen molar-refractivity contribution in [2.45, 2.75) is 32.4 Å². The van der Waals surface area contributed by atoms with Crippen LogP contribution < -0.4 is 10.6 Å². The molecule has 1 aliphatic heterocycles. The zero-order chi connectivity index (χ0) is 18.9. The average Bonchev–Trinajstić information content (AvgIpc) is 2.75. The van der Waals surface area contributed by atoms with E-state index in [4.69, 9.17) is 0 Å². The van der Waals surface area contributed by atoms with Crippen molar-refractivity contribution >= 4 is 11.9 Å². The summed E-state index contributed by atoms with van der Waals surface area (Å²) in [4.78, 5) is 23.0. The number of guanidine groups is 1. The molecule has 1 fully saturated rings. The fourth-order valence-corrected chi connectivity index (χ4v) is 3.13. The minimum absolute atomic E-state index is 0.141. The van der Waals surface area contributed by atoms with E-state index in [0.29, 0.717) is 19.0 Å². The number of hydrogen-bond donors (Lipinski definition) is 2. The van der Waals surface area contributed by atoms with Crippen LogP contribution in [0.5, 0.6) is 0 Å². The number of carbonyl (C=O) groups is 1. The van der Waals surface area contributed by atoms with E-state index in [-0.39, 0.29) is 5.91 Å². The number of rotatable bonds is 5. The summed E-state index contributed by atoms with van der Waals surface area (Å²) in [6.07, 6.45) is 5.22. The molecule has 0 unspecified atom stereocenters. The van der Waals surface area contributed by atoms with Gasteiger partial charge in [0.15, 0.2) is 5.96 Å². The Morgan fingerprint density at radius 1 is 1.04 bits per heavy atom. The molecule has 27 heavy (non-hydrogen) atoms. The number of aliphatic imine (C=N–C) groups is 1. The van der Waals surface area contributed by atoms with E-state index in [2.05, 4.69) is 20.6 Å². The molecule has 1 aromatic heterocycles. The molecule has 1 aromatic carbocycles. The standard InChI is InChI=1S/C21H27N5O/c1-22-21(25-16-19-7-3-4-12-23-19)24-15-17-8-10-18(11-9-17)20(27)26-13-5-2-6-14-26/h3-4,7-12H,2,5-6,13-16H2,1H3,(H2,22,24,25). The Morgan fingerprint density at radius 2 is 1.78 bits per heavy atom. The van der Waals surface area contributed by atoms with Crippen LogP contribution in [0.2, 0.25) is 0 Å². The summed E-state index contributed by atoms with van der Waals surface area (Å²) in [5, 5.41) is 6.53. The second-order valence-corrected chi connectivity index (χ2v) is 6.65. The van der Waals surface area contributed by atoms with Crippen molar-refractivity contribution in [1.82, 2.24) is 20.5 Å². The summed E-state index contributed by atoms with van der Waals surface area (Å²) >= 11 is 0. The highest BCUT2D eigenvalue weighted by molar-refractivity contribution is 5.94. The lowest BCUT2D eigenvalue weighted by molar-refractivity contribution is 0.0724. The fraction of sp³-hybridized carbons (Fsp3) is 0.381. The van der Waals surface area contributed by atoms with E-state index in [0.717, 1.165) is 42.8 Å². The van der Waals surface area contributed by atoms with Crippen molar-refractivity contribution < 1.29 is 4.79 Å². The smallest absolute Gasteiger partial charge is 0.253 e. The van der Waals surface area contributed by atoms with Gasteiger partial charge in [-0.1, -0.05) is 18.2 Å². The van der Waals surface area contributed by atoms with Crippen molar-refractivity contribution in [2.75, 3.05) is 20.1 Å². The minimum Gasteiger partial charge on any atom is -0.352 e. The normalized spacial score (nSPS) is 14.7. The first kappa shape index (κ1) is 18.9. The highest BCUT2D eigenvalue weighted by Crippen LogP contribution is 2.13. The summed E-state index contributed by atoms with van der Waals surface area (Å²) in [5.74, 6) is 0.858.